The van der Waals surface area contributed by atoms with Gasteiger partial charge in [-0.15, -0.1) is 0 Å². The van der Waals surface area contributed by atoms with Gasteiger partial charge in [0.15, 0.2) is 0 Å². The Morgan fingerprint density at radius 1 is 1.32 bits per heavy atom. The molecule has 0 aromatic heterocycles. The molecule has 2 aromatic carbocycles. The SMILES string of the molecule is N#Cc1cccc(COc2ccc(N)c(Cl)c2)c1F. The van der Waals surface area contributed by atoms with Crippen molar-refractivity contribution in [2.75, 3.05) is 5.73 Å². The number of rotatable bonds is 3. The number of hydrogen-bond acceptors (Lipinski definition) is 3. The summed E-state index contributed by atoms with van der Waals surface area (Å²) in [4.78, 5) is 0. The Morgan fingerprint density at radius 2 is 2.11 bits per heavy atom. The first-order chi connectivity index (χ1) is 9.11. The summed E-state index contributed by atoms with van der Waals surface area (Å²) < 4.78 is 19.2. The molecule has 3 nitrogen and oxygen atoms in total. The predicted octanol–water partition coefficient (Wildman–Crippen LogP) is 3.51. The third-order valence-corrected chi connectivity index (χ3v) is 2.89. The zero-order chi connectivity index (χ0) is 13.8. The summed E-state index contributed by atoms with van der Waals surface area (Å²) in [6, 6.07) is 11.2. The van der Waals surface area contributed by atoms with Gasteiger partial charge >= 0.3 is 0 Å². The van der Waals surface area contributed by atoms with Gasteiger partial charge in [-0.1, -0.05) is 23.7 Å². The van der Waals surface area contributed by atoms with E-state index in [-0.39, 0.29) is 12.2 Å². The van der Waals surface area contributed by atoms with Crippen LogP contribution in [0.15, 0.2) is 36.4 Å². The molecule has 0 amide bonds. The van der Waals surface area contributed by atoms with Crippen molar-refractivity contribution in [1.82, 2.24) is 0 Å². The molecule has 0 aliphatic carbocycles. The van der Waals surface area contributed by atoms with Gasteiger partial charge in [0.1, 0.15) is 24.2 Å². The minimum absolute atomic E-state index is 0.00330. The number of nitrogen functional groups attached to an aromatic ring is 1. The summed E-state index contributed by atoms with van der Waals surface area (Å²) >= 11 is 5.85. The molecule has 0 heterocycles. The second-order valence-corrected chi connectivity index (χ2v) is 4.27. The quantitative estimate of drug-likeness (QED) is 0.873. The molecule has 0 saturated heterocycles. The van der Waals surface area contributed by atoms with Crippen molar-refractivity contribution >= 4 is 17.3 Å². The number of nitriles is 1. The summed E-state index contributed by atoms with van der Waals surface area (Å²) in [5.74, 6) is -0.0764. The summed E-state index contributed by atoms with van der Waals surface area (Å²) in [5, 5.41) is 9.11. The van der Waals surface area contributed by atoms with Gasteiger partial charge in [-0.25, -0.2) is 4.39 Å². The van der Waals surface area contributed by atoms with E-state index in [1.165, 1.54) is 6.07 Å². The zero-order valence-electron chi connectivity index (χ0n) is 9.86. The number of ether oxygens (including phenoxy) is 1. The summed E-state index contributed by atoms with van der Waals surface area (Å²) in [6.07, 6.45) is 0. The molecule has 2 rings (SSSR count). The van der Waals surface area contributed by atoms with E-state index in [0.29, 0.717) is 22.0 Å². The molecular weight excluding hydrogens is 267 g/mol. The molecule has 0 radical (unpaired) electrons. The fourth-order valence-corrected chi connectivity index (χ4v) is 1.71. The first-order valence-electron chi connectivity index (χ1n) is 5.47. The van der Waals surface area contributed by atoms with E-state index in [0.717, 1.165) is 0 Å². The van der Waals surface area contributed by atoms with Crippen molar-refractivity contribution in [3.63, 3.8) is 0 Å². The topological polar surface area (TPSA) is 59.0 Å². The van der Waals surface area contributed by atoms with Crippen LogP contribution in [0.1, 0.15) is 11.1 Å². The van der Waals surface area contributed by atoms with Gasteiger partial charge in [0, 0.05) is 11.6 Å². The van der Waals surface area contributed by atoms with Crippen molar-refractivity contribution < 1.29 is 9.13 Å². The van der Waals surface area contributed by atoms with Crippen LogP contribution in [-0.2, 0) is 6.61 Å². The Kier molecular flexibility index (Phi) is 3.88. The minimum atomic E-state index is -0.563. The highest BCUT2D eigenvalue weighted by atomic mass is 35.5. The average molecular weight is 277 g/mol. The molecule has 2 N–H and O–H groups in total. The molecule has 19 heavy (non-hydrogen) atoms. The lowest BCUT2D eigenvalue weighted by molar-refractivity contribution is 0.300. The lowest BCUT2D eigenvalue weighted by atomic mass is 10.1. The Balaban J connectivity index is 2.15. The number of nitrogens with zero attached hydrogens (tertiary/aromatic N) is 1. The highest BCUT2D eigenvalue weighted by Gasteiger charge is 2.08. The summed E-state index contributed by atoms with van der Waals surface area (Å²) in [7, 11) is 0. The number of anilines is 1. The number of nitrogens with two attached hydrogens (primary N) is 1. The maximum atomic E-state index is 13.8. The molecule has 0 fully saturated rings. The van der Waals surface area contributed by atoms with Crippen LogP contribution in [0.25, 0.3) is 0 Å². The second kappa shape index (κ2) is 5.59. The Morgan fingerprint density at radius 3 is 2.79 bits per heavy atom. The smallest absolute Gasteiger partial charge is 0.147 e. The van der Waals surface area contributed by atoms with E-state index < -0.39 is 5.82 Å². The molecule has 0 spiro atoms. The molecule has 96 valence electrons. The standard InChI is InChI=1S/C14H10ClFN2O/c15-12-6-11(4-5-13(12)18)19-8-10-3-1-2-9(7-17)14(10)16/h1-6H,8,18H2. The van der Waals surface area contributed by atoms with Crippen LogP contribution in [0.4, 0.5) is 10.1 Å². The summed E-state index contributed by atoms with van der Waals surface area (Å²) in [6.45, 7) is 0.0155. The van der Waals surface area contributed by atoms with Gasteiger partial charge in [-0.3, -0.25) is 0 Å². The largest absolute Gasteiger partial charge is 0.489 e. The van der Waals surface area contributed by atoms with Crippen LogP contribution in [0.3, 0.4) is 0 Å². The third kappa shape index (κ3) is 2.95. The molecule has 0 aliphatic rings. The molecule has 0 unspecified atom stereocenters. The van der Waals surface area contributed by atoms with Gasteiger partial charge < -0.3 is 10.5 Å². The summed E-state index contributed by atoms with van der Waals surface area (Å²) in [5.41, 5.74) is 6.33. The van der Waals surface area contributed by atoms with Crippen LogP contribution in [-0.4, -0.2) is 0 Å². The van der Waals surface area contributed by atoms with Gasteiger partial charge in [0.05, 0.1) is 16.3 Å². The van der Waals surface area contributed by atoms with Crippen molar-refractivity contribution in [2.24, 2.45) is 0 Å². The van der Waals surface area contributed by atoms with Crippen LogP contribution >= 0.6 is 11.6 Å². The van der Waals surface area contributed by atoms with E-state index in [1.807, 2.05) is 0 Å². The zero-order valence-corrected chi connectivity index (χ0v) is 10.6. The molecule has 0 saturated carbocycles. The molecular formula is C14H10ClFN2O. The van der Waals surface area contributed by atoms with Crippen LogP contribution in [0, 0.1) is 17.1 Å². The monoisotopic (exact) mass is 276 g/mol. The number of halogens is 2. The molecule has 0 bridgehead atoms. The fraction of sp³-hybridized carbons (Fsp3) is 0.0714. The fourth-order valence-electron chi connectivity index (χ4n) is 1.54. The maximum absolute atomic E-state index is 13.8. The minimum Gasteiger partial charge on any atom is -0.489 e. The van der Waals surface area contributed by atoms with E-state index >= 15 is 0 Å². The Bertz CT molecular complexity index is 652. The van der Waals surface area contributed by atoms with Crippen molar-refractivity contribution in [2.45, 2.75) is 6.61 Å². The highest BCUT2D eigenvalue weighted by Crippen LogP contribution is 2.25. The third-order valence-electron chi connectivity index (χ3n) is 2.57. The average Bonchev–Trinajstić information content (AvgIpc) is 2.41. The molecule has 0 atom stereocenters. The normalized spacial score (nSPS) is 9.95. The van der Waals surface area contributed by atoms with Gasteiger partial charge in [-0.05, 0) is 18.2 Å². The second-order valence-electron chi connectivity index (χ2n) is 3.86. The predicted molar refractivity (Wildman–Crippen MR) is 71.3 cm³/mol. The Labute approximate surface area is 115 Å². The lowest BCUT2D eigenvalue weighted by Gasteiger charge is -2.08. The molecule has 5 heteroatoms. The number of benzene rings is 2. The van der Waals surface area contributed by atoms with E-state index in [2.05, 4.69) is 0 Å². The van der Waals surface area contributed by atoms with Crippen LogP contribution < -0.4 is 10.5 Å². The lowest BCUT2D eigenvalue weighted by Crippen LogP contribution is -2.00. The highest BCUT2D eigenvalue weighted by molar-refractivity contribution is 6.33. The van der Waals surface area contributed by atoms with Crippen LogP contribution in [0.5, 0.6) is 5.75 Å². The van der Waals surface area contributed by atoms with Gasteiger partial charge in [0.2, 0.25) is 0 Å². The first kappa shape index (κ1) is 13.2. The Hall–Kier alpha value is -2.25. The van der Waals surface area contributed by atoms with E-state index in [4.69, 9.17) is 27.3 Å². The number of hydrogen-bond donors (Lipinski definition) is 1. The van der Waals surface area contributed by atoms with Gasteiger partial charge in [-0.2, -0.15) is 5.26 Å². The molecule has 2 aromatic rings. The van der Waals surface area contributed by atoms with Crippen molar-refractivity contribution in [3.05, 3.63) is 58.4 Å². The van der Waals surface area contributed by atoms with Gasteiger partial charge in [0.25, 0.3) is 0 Å². The van der Waals surface area contributed by atoms with E-state index in [9.17, 15) is 4.39 Å². The van der Waals surface area contributed by atoms with Crippen molar-refractivity contribution in [3.8, 4) is 11.8 Å². The van der Waals surface area contributed by atoms with Crippen molar-refractivity contribution in [1.29, 1.82) is 5.26 Å². The molecule has 0 aliphatic heterocycles. The van der Waals surface area contributed by atoms with Crippen LogP contribution in [0.2, 0.25) is 5.02 Å². The maximum Gasteiger partial charge on any atom is 0.147 e. The van der Waals surface area contributed by atoms with E-state index in [1.54, 1.807) is 36.4 Å². The first-order valence-corrected chi connectivity index (χ1v) is 5.85.